The van der Waals surface area contributed by atoms with Crippen LogP contribution in [0.1, 0.15) is 70.8 Å². The predicted octanol–water partition coefficient (Wildman–Crippen LogP) is 1.97. The minimum Gasteiger partial charge on any atom is -0.464 e. The molecule has 1 fully saturated rings. The first-order valence-electron chi connectivity index (χ1n) is 13.7. The number of esters is 1. The van der Waals surface area contributed by atoms with Crippen LogP contribution in [0.15, 0.2) is 30.3 Å². The molecule has 1 amide bonds. The first-order valence-corrected chi connectivity index (χ1v) is 15.2. The van der Waals surface area contributed by atoms with Crippen LogP contribution in [0.3, 0.4) is 0 Å². The van der Waals surface area contributed by atoms with Crippen molar-refractivity contribution >= 4 is 27.8 Å². The Balaban J connectivity index is 2.07. The molecule has 1 aromatic rings. The van der Waals surface area contributed by atoms with E-state index in [-0.39, 0.29) is 38.2 Å². The first kappa shape index (κ1) is 32.8. The summed E-state index contributed by atoms with van der Waals surface area (Å²) in [5.41, 5.74) is 13.1. The van der Waals surface area contributed by atoms with Gasteiger partial charge >= 0.3 is 5.97 Å². The molecule has 5 atom stereocenters. The predicted molar refractivity (Wildman–Crippen MR) is 146 cm³/mol. The van der Waals surface area contributed by atoms with E-state index in [9.17, 15) is 27.4 Å². The van der Waals surface area contributed by atoms with Gasteiger partial charge in [-0.2, -0.15) is 8.42 Å². The van der Waals surface area contributed by atoms with Crippen molar-refractivity contribution in [2.45, 2.75) is 101 Å². The summed E-state index contributed by atoms with van der Waals surface area (Å²) in [6.07, 6.45) is 2.49. The summed E-state index contributed by atoms with van der Waals surface area (Å²) in [5.74, 6) is -1.78. The van der Waals surface area contributed by atoms with Crippen LogP contribution in [0, 0.1) is 0 Å². The third kappa shape index (κ3) is 10.6. The maximum atomic E-state index is 13.3. The van der Waals surface area contributed by atoms with E-state index in [4.69, 9.17) is 20.9 Å². The number of hydrogen-bond acceptors (Lipinski definition) is 9. The molecular weight excluding hydrogens is 526 g/mol. The third-order valence-electron chi connectivity index (χ3n) is 6.73. The minimum atomic E-state index is -4.66. The molecule has 2 unspecified atom stereocenters. The van der Waals surface area contributed by atoms with E-state index >= 15 is 0 Å². The number of epoxide rings is 1. The van der Waals surface area contributed by atoms with Crippen molar-refractivity contribution < 1.29 is 36.8 Å². The summed E-state index contributed by atoms with van der Waals surface area (Å²) in [4.78, 5) is 39.0. The van der Waals surface area contributed by atoms with E-state index < -0.39 is 51.7 Å². The van der Waals surface area contributed by atoms with Crippen LogP contribution in [0.2, 0.25) is 0 Å². The SMILES string of the molecule is CCCCCCCC(N(CCCC(N)C(=O)[C@@H](N)Cc1ccccc1)C(=O)[C@H]1O[C@@H]1C(=O)OCC)S(=O)(=O)O. The lowest BCUT2D eigenvalue weighted by Crippen LogP contribution is -2.48. The Morgan fingerprint density at radius 1 is 0.974 bits per heavy atom. The molecule has 2 rings (SSSR count). The van der Waals surface area contributed by atoms with Crippen LogP contribution in [0.25, 0.3) is 0 Å². The van der Waals surface area contributed by atoms with Gasteiger partial charge in [-0.3, -0.25) is 14.1 Å². The van der Waals surface area contributed by atoms with Gasteiger partial charge in [0.05, 0.1) is 18.7 Å². The van der Waals surface area contributed by atoms with Crippen molar-refractivity contribution in [3.63, 3.8) is 0 Å². The van der Waals surface area contributed by atoms with Crippen LogP contribution < -0.4 is 11.5 Å². The second-order valence-electron chi connectivity index (χ2n) is 9.88. The molecule has 1 heterocycles. The van der Waals surface area contributed by atoms with Crippen molar-refractivity contribution in [1.82, 2.24) is 4.90 Å². The summed E-state index contributed by atoms with van der Waals surface area (Å²) in [7, 11) is -4.66. The second kappa shape index (κ2) is 16.0. The molecule has 220 valence electrons. The lowest BCUT2D eigenvalue weighted by molar-refractivity contribution is -0.145. The molecule has 1 aliphatic heterocycles. The highest BCUT2D eigenvalue weighted by Gasteiger charge is 2.54. The van der Waals surface area contributed by atoms with Gasteiger partial charge in [-0.1, -0.05) is 69.4 Å². The Morgan fingerprint density at radius 3 is 2.26 bits per heavy atom. The van der Waals surface area contributed by atoms with Gasteiger partial charge in [0.15, 0.2) is 23.4 Å². The summed E-state index contributed by atoms with van der Waals surface area (Å²) in [5, 5.41) is -1.51. The fraction of sp³-hybridized carbons (Fsp3) is 0.667. The number of nitrogens with zero attached hydrogens (tertiary/aromatic N) is 1. The van der Waals surface area contributed by atoms with Gasteiger partial charge in [0.25, 0.3) is 16.0 Å². The average Bonchev–Trinajstić information content (AvgIpc) is 3.70. The maximum absolute atomic E-state index is 13.3. The molecule has 12 heteroatoms. The molecule has 0 aliphatic carbocycles. The standard InChI is InChI=1S/C27H43N3O8S/c1-3-5-6-7-11-16-22(39(34,35)36)30(26(32)24-25(38-24)27(33)37-4-2)17-12-15-20(28)23(31)21(29)18-19-13-9-8-10-14-19/h8-10,13-14,20-22,24-25H,3-7,11-12,15-18,28-29H2,1-2H3,(H,34,35,36)/t20?,21-,22?,24-,25-/m0/s1. The lowest BCUT2D eigenvalue weighted by Gasteiger charge is -2.30. The van der Waals surface area contributed by atoms with Gasteiger partial charge in [0.1, 0.15) is 0 Å². The van der Waals surface area contributed by atoms with Gasteiger partial charge in [-0.25, -0.2) is 4.79 Å². The quantitative estimate of drug-likeness (QED) is 0.0963. The summed E-state index contributed by atoms with van der Waals surface area (Å²) in [6, 6.07) is 7.57. The third-order valence-corrected chi connectivity index (χ3v) is 7.90. The Labute approximate surface area is 231 Å². The van der Waals surface area contributed by atoms with Crippen LogP contribution in [0.5, 0.6) is 0 Å². The van der Waals surface area contributed by atoms with Crippen molar-refractivity contribution in [2.75, 3.05) is 13.2 Å². The minimum absolute atomic E-state index is 0.0258. The number of carbonyl (C=O) groups excluding carboxylic acids is 3. The molecule has 1 aliphatic rings. The zero-order valence-electron chi connectivity index (χ0n) is 22.9. The Kier molecular flexibility index (Phi) is 13.5. The molecule has 1 saturated heterocycles. The van der Waals surface area contributed by atoms with Crippen molar-refractivity contribution in [2.24, 2.45) is 11.5 Å². The number of rotatable bonds is 19. The van der Waals surface area contributed by atoms with E-state index in [1.165, 1.54) is 0 Å². The second-order valence-corrected chi connectivity index (χ2v) is 11.5. The number of unbranched alkanes of at least 4 members (excludes halogenated alkanes) is 4. The van der Waals surface area contributed by atoms with Gasteiger partial charge in [0.2, 0.25) is 0 Å². The van der Waals surface area contributed by atoms with Crippen LogP contribution in [-0.4, -0.2) is 78.3 Å². The van der Waals surface area contributed by atoms with Crippen molar-refractivity contribution in [3.05, 3.63) is 35.9 Å². The fourth-order valence-corrected chi connectivity index (χ4v) is 5.51. The molecule has 0 bridgehead atoms. The molecule has 1 aromatic carbocycles. The molecule has 0 radical (unpaired) electrons. The molecular formula is C27H43N3O8S. The number of benzene rings is 1. The molecule has 0 aromatic heterocycles. The average molecular weight is 570 g/mol. The van der Waals surface area contributed by atoms with E-state index in [0.717, 1.165) is 36.1 Å². The Morgan fingerprint density at radius 2 is 1.64 bits per heavy atom. The summed E-state index contributed by atoms with van der Waals surface area (Å²) in [6.45, 7) is 3.67. The van der Waals surface area contributed by atoms with Gasteiger partial charge < -0.3 is 25.8 Å². The highest BCUT2D eigenvalue weighted by molar-refractivity contribution is 7.86. The monoisotopic (exact) mass is 569 g/mol. The topological polar surface area (TPSA) is 183 Å². The van der Waals surface area contributed by atoms with E-state index in [0.29, 0.717) is 12.8 Å². The number of Topliss-reactive ketones (excluding diaryl/α,β-unsaturated/α-hetero) is 1. The van der Waals surface area contributed by atoms with Gasteiger partial charge in [-0.05, 0) is 38.2 Å². The number of amides is 1. The van der Waals surface area contributed by atoms with E-state index in [1.807, 2.05) is 30.3 Å². The molecule has 0 saturated carbocycles. The lowest BCUT2D eigenvalue weighted by atomic mass is 9.96. The van der Waals surface area contributed by atoms with Crippen LogP contribution >= 0.6 is 0 Å². The highest BCUT2D eigenvalue weighted by atomic mass is 32.2. The fourth-order valence-electron chi connectivity index (χ4n) is 4.52. The van der Waals surface area contributed by atoms with E-state index in [2.05, 4.69) is 6.92 Å². The largest absolute Gasteiger partial charge is 0.464 e. The van der Waals surface area contributed by atoms with Crippen LogP contribution in [0.4, 0.5) is 0 Å². The number of ether oxygens (including phenoxy) is 2. The Bertz CT molecular complexity index is 1040. The summed E-state index contributed by atoms with van der Waals surface area (Å²) >= 11 is 0. The highest BCUT2D eigenvalue weighted by Crippen LogP contribution is 2.29. The van der Waals surface area contributed by atoms with Crippen molar-refractivity contribution in [1.29, 1.82) is 0 Å². The number of nitrogens with two attached hydrogens (primary N) is 2. The molecule has 39 heavy (non-hydrogen) atoms. The van der Waals surface area contributed by atoms with Crippen LogP contribution in [-0.2, 0) is 40.4 Å². The molecule has 5 N–H and O–H groups in total. The molecule has 11 nitrogen and oxygen atoms in total. The number of hydrogen-bond donors (Lipinski definition) is 3. The maximum Gasteiger partial charge on any atom is 0.338 e. The summed E-state index contributed by atoms with van der Waals surface area (Å²) < 4.78 is 44.8. The zero-order valence-corrected chi connectivity index (χ0v) is 23.7. The zero-order chi connectivity index (χ0) is 29.0. The normalized spacial score (nSPS) is 19.1. The Hall–Kier alpha value is -2.38. The van der Waals surface area contributed by atoms with Gasteiger partial charge in [-0.15, -0.1) is 0 Å². The van der Waals surface area contributed by atoms with Crippen molar-refractivity contribution in [3.8, 4) is 0 Å². The van der Waals surface area contributed by atoms with Gasteiger partial charge in [0, 0.05) is 6.54 Å². The van der Waals surface area contributed by atoms with E-state index in [1.54, 1.807) is 6.92 Å². The number of ketones is 1. The number of carbonyl (C=O) groups is 3. The molecule has 0 spiro atoms. The first-order chi connectivity index (χ1) is 18.5. The smallest absolute Gasteiger partial charge is 0.338 e.